The number of fused-ring (bicyclic) bond motifs is 2. The van der Waals surface area contributed by atoms with E-state index in [1.165, 1.54) is 23.1 Å². The minimum absolute atomic E-state index is 0.0444. The molecule has 3 fully saturated rings. The quantitative estimate of drug-likeness (QED) is 0.584. The van der Waals surface area contributed by atoms with E-state index in [9.17, 15) is 32.8 Å². The predicted molar refractivity (Wildman–Crippen MR) is 122 cm³/mol. The molecule has 1 aliphatic carbocycles. The molecule has 0 bridgehead atoms. The Kier molecular flexibility index (Phi) is 6.14. The Labute approximate surface area is 205 Å². The summed E-state index contributed by atoms with van der Waals surface area (Å²) in [6.45, 7) is 0.518. The van der Waals surface area contributed by atoms with Gasteiger partial charge < -0.3 is 20.5 Å². The Hall–Kier alpha value is -3.55. The maximum absolute atomic E-state index is 14.2. The molecule has 3 amide bonds. The van der Waals surface area contributed by atoms with Crippen molar-refractivity contribution in [1.29, 1.82) is 5.26 Å². The molecule has 1 aromatic carbocycles. The van der Waals surface area contributed by atoms with Gasteiger partial charge in [-0.2, -0.15) is 5.26 Å². The Balaban J connectivity index is 1.39. The van der Waals surface area contributed by atoms with E-state index in [1.807, 2.05) is 6.07 Å². The predicted octanol–water partition coefficient (Wildman–Crippen LogP) is 2.72. The number of halogens is 3. The van der Waals surface area contributed by atoms with Crippen molar-refractivity contribution < 1.29 is 27.6 Å². The lowest BCUT2D eigenvalue weighted by Crippen LogP contribution is -2.52. The van der Waals surface area contributed by atoms with Crippen molar-refractivity contribution in [2.45, 2.75) is 50.1 Å². The molecule has 2 aromatic rings. The zero-order valence-electron chi connectivity index (χ0n) is 19.4. The maximum Gasteiger partial charge on any atom is 0.271 e. The van der Waals surface area contributed by atoms with Crippen molar-refractivity contribution >= 4 is 28.6 Å². The van der Waals surface area contributed by atoms with Gasteiger partial charge >= 0.3 is 0 Å². The summed E-state index contributed by atoms with van der Waals surface area (Å²) in [5, 5.41) is 15.2. The van der Waals surface area contributed by atoms with Gasteiger partial charge in [-0.05, 0) is 49.3 Å². The molecule has 2 saturated heterocycles. The summed E-state index contributed by atoms with van der Waals surface area (Å²) >= 11 is 0. The van der Waals surface area contributed by atoms with E-state index >= 15 is 0 Å². The smallest absolute Gasteiger partial charge is 0.271 e. The van der Waals surface area contributed by atoms with Crippen molar-refractivity contribution in [1.82, 2.24) is 20.5 Å². The molecule has 5 rings (SSSR count). The van der Waals surface area contributed by atoms with E-state index in [2.05, 4.69) is 15.6 Å². The second kappa shape index (κ2) is 9.15. The number of likely N-dealkylation sites (tertiary alicyclic amines) is 1. The lowest BCUT2D eigenvalue weighted by atomic mass is 9.90. The lowest BCUT2D eigenvalue weighted by Gasteiger charge is -2.29. The Morgan fingerprint density at radius 1 is 1.31 bits per heavy atom. The van der Waals surface area contributed by atoms with Crippen LogP contribution in [0.1, 0.15) is 42.6 Å². The molecule has 1 saturated carbocycles. The molecule has 3 N–H and O–H groups in total. The number of hydrogen-bond donors (Lipinski definition) is 3. The second-order valence-corrected chi connectivity index (χ2v) is 10.0. The SMILES string of the molecule is N#C[C@@H](C[C@H]1CCCNC1=O)NC(=O)[C@@H]1[C@@H]2CC(F)(F)C[C@@H]2CN1C(=O)c1cc2c(F)cccc2[nH]1. The number of piperidine rings is 1. The number of alkyl halides is 2. The zero-order chi connectivity index (χ0) is 25.6. The van der Waals surface area contributed by atoms with Gasteiger partial charge in [0.05, 0.1) is 6.07 Å². The number of amides is 3. The van der Waals surface area contributed by atoms with Gasteiger partial charge in [0.1, 0.15) is 23.6 Å². The second-order valence-electron chi connectivity index (χ2n) is 10.0. The Morgan fingerprint density at radius 3 is 2.83 bits per heavy atom. The number of carbonyl (C=O) groups is 3. The fourth-order valence-electron chi connectivity index (χ4n) is 5.98. The highest BCUT2D eigenvalue weighted by molar-refractivity contribution is 6.01. The third-order valence-corrected chi connectivity index (χ3v) is 7.64. The van der Waals surface area contributed by atoms with E-state index in [4.69, 9.17) is 0 Å². The molecule has 0 radical (unpaired) electrons. The van der Waals surface area contributed by atoms with Gasteiger partial charge in [-0.15, -0.1) is 0 Å². The first-order valence-corrected chi connectivity index (χ1v) is 12.1. The largest absolute Gasteiger partial charge is 0.356 e. The van der Waals surface area contributed by atoms with Crippen LogP contribution in [0.15, 0.2) is 24.3 Å². The minimum Gasteiger partial charge on any atom is -0.356 e. The first-order valence-electron chi connectivity index (χ1n) is 12.1. The van der Waals surface area contributed by atoms with E-state index in [0.717, 1.165) is 6.42 Å². The summed E-state index contributed by atoms with van der Waals surface area (Å²) in [5.41, 5.74) is 0.455. The number of aromatic amines is 1. The van der Waals surface area contributed by atoms with Crippen molar-refractivity contribution in [2.24, 2.45) is 17.8 Å². The Morgan fingerprint density at radius 2 is 2.11 bits per heavy atom. The molecule has 11 heteroatoms. The maximum atomic E-state index is 14.2. The van der Waals surface area contributed by atoms with Crippen LogP contribution < -0.4 is 10.6 Å². The lowest BCUT2D eigenvalue weighted by molar-refractivity contribution is -0.129. The van der Waals surface area contributed by atoms with Crippen molar-refractivity contribution in [3.05, 3.63) is 35.8 Å². The molecule has 0 spiro atoms. The summed E-state index contributed by atoms with van der Waals surface area (Å²) in [7, 11) is 0. The molecule has 8 nitrogen and oxygen atoms in total. The number of rotatable bonds is 5. The molecule has 190 valence electrons. The van der Waals surface area contributed by atoms with Crippen LogP contribution in [0.4, 0.5) is 13.2 Å². The van der Waals surface area contributed by atoms with E-state index in [0.29, 0.717) is 18.5 Å². The van der Waals surface area contributed by atoms with Crippen LogP contribution in [0, 0.1) is 34.9 Å². The number of benzene rings is 1. The van der Waals surface area contributed by atoms with Crippen LogP contribution in [0.25, 0.3) is 10.9 Å². The van der Waals surface area contributed by atoms with Gasteiger partial charge in [-0.1, -0.05) is 6.07 Å². The first-order chi connectivity index (χ1) is 17.2. The van der Waals surface area contributed by atoms with E-state index in [-0.39, 0.29) is 30.0 Å². The molecular weight excluding hydrogens is 475 g/mol. The van der Waals surface area contributed by atoms with Crippen molar-refractivity contribution in [2.75, 3.05) is 13.1 Å². The number of nitriles is 1. The number of carbonyl (C=O) groups excluding carboxylic acids is 3. The van der Waals surface area contributed by atoms with Crippen LogP contribution in [-0.4, -0.2) is 58.7 Å². The standard InChI is InChI=1S/C25H26F3N5O3/c26-18-4-1-5-19-16(18)8-20(32-19)24(36)33-12-14-9-25(27,28)10-17(14)21(33)23(35)31-15(11-29)7-13-3-2-6-30-22(13)34/h1,4-5,8,13-15,17,21,32H,2-3,6-7,9-10,12H2,(H,30,34)(H,31,35)/t13-,14-,15-,17-,21+/m1/s1. The summed E-state index contributed by atoms with van der Waals surface area (Å²) in [4.78, 5) is 43.0. The summed E-state index contributed by atoms with van der Waals surface area (Å²) in [5.74, 6) is -6.72. The highest BCUT2D eigenvalue weighted by Gasteiger charge is 2.58. The Bertz CT molecular complexity index is 1260. The average molecular weight is 502 g/mol. The normalized spacial score (nSPS) is 27.8. The van der Waals surface area contributed by atoms with Crippen LogP contribution in [-0.2, 0) is 9.59 Å². The summed E-state index contributed by atoms with van der Waals surface area (Å²) in [6, 6.07) is 5.49. The number of H-pyrrole nitrogens is 1. The van der Waals surface area contributed by atoms with Gasteiger partial charge in [0, 0.05) is 42.8 Å². The number of aromatic nitrogens is 1. The highest BCUT2D eigenvalue weighted by Crippen LogP contribution is 2.50. The molecule has 5 atom stereocenters. The third kappa shape index (κ3) is 4.40. The van der Waals surface area contributed by atoms with Gasteiger partial charge in [0.15, 0.2) is 0 Å². The van der Waals surface area contributed by atoms with Crippen LogP contribution in [0.3, 0.4) is 0 Å². The van der Waals surface area contributed by atoms with Crippen LogP contribution >= 0.6 is 0 Å². The summed E-state index contributed by atoms with van der Waals surface area (Å²) < 4.78 is 42.6. The molecule has 36 heavy (non-hydrogen) atoms. The molecular formula is C25H26F3N5O3. The monoisotopic (exact) mass is 501 g/mol. The van der Waals surface area contributed by atoms with E-state index in [1.54, 1.807) is 6.07 Å². The van der Waals surface area contributed by atoms with Gasteiger partial charge in [-0.3, -0.25) is 14.4 Å². The fourth-order valence-corrected chi connectivity index (χ4v) is 5.98. The van der Waals surface area contributed by atoms with Crippen molar-refractivity contribution in [3.8, 4) is 6.07 Å². The molecule has 1 aromatic heterocycles. The molecule has 3 heterocycles. The van der Waals surface area contributed by atoms with E-state index < -0.39 is 66.2 Å². The molecule has 0 unspecified atom stereocenters. The zero-order valence-corrected chi connectivity index (χ0v) is 19.4. The highest BCUT2D eigenvalue weighted by atomic mass is 19.3. The van der Waals surface area contributed by atoms with Crippen molar-refractivity contribution in [3.63, 3.8) is 0 Å². The molecule has 2 aliphatic heterocycles. The number of hydrogen-bond acceptors (Lipinski definition) is 4. The average Bonchev–Trinajstić information content (AvgIpc) is 3.49. The van der Waals surface area contributed by atoms with Crippen LogP contribution in [0.5, 0.6) is 0 Å². The summed E-state index contributed by atoms with van der Waals surface area (Å²) in [6.07, 6.45) is 0.471. The third-order valence-electron chi connectivity index (χ3n) is 7.64. The fraction of sp³-hybridized carbons (Fsp3) is 0.520. The number of nitrogens with one attached hydrogen (secondary N) is 3. The number of nitrogens with zero attached hydrogens (tertiary/aromatic N) is 2. The first kappa shape index (κ1) is 24.2. The van der Waals surface area contributed by atoms with Crippen LogP contribution in [0.2, 0.25) is 0 Å². The van der Waals surface area contributed by atoms with Gasteiger partial charge in [-0.25, -0.2) is 13.2 Å². The minimum atomic E-state index is -2.94. The topological polar surface area (TPSA) is 118 Å². The van der Waals surface area contributed by atoms with Gasteiger partial charge in [0.25, 0.3) is 5.91 Å². The van der Waals surface area contributed by atoms with Gasteiger partial charge in [0.2, 0.25) is 17.7 Å². The molecule has 3 aliphatic rings.